The number of para-hydroxylation sites is 1. The smallest absolute Gasteiger partial charge is 0.337 e. The quantitative estimate of drug-likeness (QED) is 0.771. The lowest BCUT2D eigenvalue weighted by atomic mass is 10.1. The Morgan fingerprint density at radius 3 is 2.71 bits per heavy atom. The van der Waals surface area contributed by atoms with Crippen molar-refractivity contribution < 1.29 is 9.90 Å². The van der Waals surface area contributed by atoms with Crippen LogP contribution in [-0.4, -0.2) is 18.1 Å². The summed E-state index contributed by atoms with van der Waals surface area (Å²) in [5, 5.41) is 11.8. The Labute approximate surface area is 83.1 Å². The van der Waals surface area contributed by atoms with Crippen molar-refractivity contribution in [2.45, 2.75) is 6.92 Å². The molecule has 0 radical (unpaired) electrons. The molecule has 0 aliphatic rings. The second-order valence-electron chi connectivity index (χ2n) is 2.82. The molecule has 2 N–H and O–H groups in total. The Hall–Kier alpha value is -1.77. The fraction of sp³-hybridized carbons (Fsp3) is 0.182. The van der Waals surface area contributed by atoms with Crippen LogP contribution >= 0.6 is 0 Å². The van der Waals surface area contributed by atoms with Crippen LogP contribution in [0.15, 0.2) is 24.3 Å². The highest BCUT2D eigenvalue weighted by Crippen LogP contribution is 2.21. The van der Waals surface area contributed by atoms with Crippen molar-refractivity contribution in [2.24, 2.45) is 0 Å². The molecule has 3 nitrogen and oxygen atoms in total. The molecule has 14 heavy (non-hydrogen) atoms. The molecule has 0 fully saturated rings. The first-order valence-electron chi connectivity index (χ1n) is 4.37. The summed E-state index contributed by atoms with van der Waals surface area (Å²) in [5.41, 5.74) is 1.83. The summed E-state index contributed by atoms with van der Waals surface area (Å²) in [4.78, 5) is 10.9. The van der Waals surface area contributed by atoms with Gasteiger partial charge in [-0.15, -0.1) is 0 Å². The molecule has 1 rings (SSSR count). The number of carbonyl (C=O) groups is 1. The van der Waals surface area contributed by atoms with Gasteiger partial charge in [-0.3, -0.25) is 0 Å². The lowest BCUT2D eigenvalue weighted by Gasteiger charge is -2.08. The maximum atomic E-state index is 10.9. The Balaban J connectivity index is 3.31. The lowest BCUT2D eigenvalue weighted by Crippen LogP contribution is -2.03. The number of hydrogen-bond donors (Lipinski definition) is 2. The molecule has 0 atom stereocenters. The highest BCUT2D eigenvalue weighted by atomic mass is 16.4. The largest absolute Gasteiger partial charge is 0.478 e. The molecule has 3 heteroatoms. The molecule has 74 valence electrons. The van der Waals surface area contributed by atoms with Crippen LogP contribution in [0.3, 0.4) is 0 Å². The van der Waals surface area contributed by atoms with Crippen molar-refractivity contribution in [3.05, 3.63) is 35.4 Å². The third kappa shape index (κ3) is 1.93. The van der Waals surface area contributed by atoms with Crippen LogP contribution in [0, 0.1) is 0 Å². The van der Waals surface area contributed by atoms with Crippen molar-refractivity contribution >= 4 is 17.7 Å². The summed E-state index contributed by atoms with van der Waals surface area (Å²) in [5.74, 6) is -0.916. The number of anilines is 1. The number of carboxylic acids is 1. The second kappa shape index (κ2) is 4.46. The standard InChI is InChI=1S/C11H13NO2/c1-3-5-8-6-4-7-9(11(13)14)10(8)12-2/h3-7,12H,1-2H3,(H,13,14)/b5-3-. The minimum atomic E-state index is -0.916. The number of carboxylic acid groups (broad SMARTS) is 1. The topological polar surface area (TPSA) is 49.3 Å². The van der Waals surface area contributed by atoms with Gasteiger partial charge in [-0.2, -0.15) is 0 Å². The average molecular weight is 191 g/mol. The van der Waals surface area contributed by atoms with Crippen molar-refractivity contribution in [1.82, 2.24) is 0 Å². The predicted molar refractivity (Wildman–Crippen MR) is 57.7 cm³/mol. The Bertz CT molecular complexity index is 370. The first kappa shape index (κ1) is 10.3. The zero-order chi connectivity index (χ0) is 10.6. The van der Waals surface area contributed by atoms with Crippen molar-refractivity contribution in [3.8, 4) is 0 Å². The van der Waals surface area contributed by atoms with E-state index in [1.807, 2.05) is 25.1 Å². The number of allylic oxidation sites excluding steroid dienone is 1. The van der Waals surface area contributed by atoms with Gasteiger partial charge >= 0.3 is 5.97 Å². The highest BCUT2D eigenvalue weighted by molar-refractivity contribution is 5.96. The number of rotatable bonds is 3. The molecular weight excluding hydrogens is 178 g/mol. The summed E-state index contributed by atoms with van der Waals surface area (Å²) in [6, 6.07) is 5.19. The molecule has 0 unspecified atom stereocenters. The van der Waals surface area contributed by atoms with Crippen LogP contribution < -0.4 is 5.32 Å². The van der Waals surface area contributed by atoms with Gasteiger partial charge in [0.05, 0.1) is 11.3 Å². The zero-order valence-corrected chi connectivity index (χ0v) is 8.24. The summed E-state index contributed by atoms with van der Waals surface area (Å²) < 4.78 is 0. The highest BCUT2D eigenvalue weighted by Gasteiger charge is 2.10. The summed E-state index contributed by atoms with van der Waals surface area (Å²) in [6.45, 7) is 1.90. The number of hydrogen-bond acceptors (Lipinski definition) is 2. The van der Waals surface area contributed by atoms with Gasteiger partial charge in [0.25, 0.3) is 0 Å². The van der Waals surface area contributed by atoms with Gasteiger partial charge < -0.3 is 10.4 Å². The van der Waals surface area contributed by atoms with E-state index in [1.165, 1.54) is 0 Å². The molecule has 1 aromatic rings. The van der Waals surface area contributed by atoms with Crippen LogP contribution in [0.25, 0.3) is 6.08 Å². The van der Waals surface area contributed by atoms with E-state index in [9.17, 15) is 4.79 Å². The fourth-order valence-corrected chi connectivity index (χ4v) is 1.35. The van der Waals surface area contributed by atoms with Gasteiger partial charge in [0, 0.05) is 7.05 Å². The second-order valence-corrected chi connectivity index (χ2v) is 2.82. The number of benzene rings is 1. The minimum Gasteiger partial charge on any atom is -0.478 e. The first-order valence-corrected chi connectivity index (χ1v) is 4.37. The molecule has 0 heterocycles. The lowest BCUT2D eigenvalue weighted by molar-refractivity contribution is 0.0698. The summed E-state index contributed by atoms with van der Waals surface area (Å²) >= 11 is 0. The molecule has 0 saturated carbocycles. The molecule has 1 aromatic carbocycles. The van der Waals surface area contributed by atoms with Crippen molar-refractivity contribution in [3.63, 3.8) is 0 Å². The maximum Gasteiger partial charge on any atom is 0.337 e. The normalized spacial score (nSPS) is 10.4. The van der Waals surface area contributed by atoms with E-state index in [-0.39, 0.29) is 0 Å². The van der Waals surface area contributed by atoms with Gasteiger partial charge in [-0.25, -0.2) is 4.79 Å². The van der Waals surface area contributed by atoms with E-state index in [0.29, 0.717) is 11.3 Å². The van der Waals surface area contributed by atoms with Gasteiger partial charge in [0.2, 0.25) is 0 Å². The van der Waals surface area contributed by atoms with Crippen LogP contribution in [0.4, 0.5) is 5.69 Å². The zero-order valence-electron chi connectivity index (χ0n) is 8.24. The van der Waals surface area contributed by atoms with Crippen LogP contribution in [0.5, 0.6) is 0 Å². The first-order chi connectivity index (χ1) is 6.70. The van der Waals surface area contributed by atoms with E-state index in [1.54, 1.807) is 19.2 Å². The van der Waals surface area contributed by atoms with Gasteiger partial charge in [0.1, 0.15) is 0 Å². The van der Waals surface area contributed by atoms with E-state index < -0.39 is 5.97 Å². The van der Waals surface area contributed by atoms with Crippen LogP contribution in [0.2, 0.25) is 0 Å². The van der Waals surface area contributed by atoms with Crippen LogP contribution in [0.1, 0.15) is 22.8 Å². The molecule has 0 spiro atoms. The monoisotopic (exact) mass is 191 g/mol. The number of aromatic carboxylic acids is 1. The summed E-state index contributed by atoms with van der Waals surface area (Å²) in [7, 11) is 1.72. The van der Waals surface area contributed by atoms with Gasteiger partial charge in [0.15, 0.2) is 0 Å². The van der Waals surface area contributed by atoms with Crippen LogP contribution in [-0.2, 0) is 0 Å². The Morgan fingerprint density at radius 2 is 2.21 bits per heavy atom. The third-order valence-electron chi connectivity index (χ3n) is 1.92. The minimum absolute atomic E-state index is 0.295. The summed E-state index contributed by atoms with van der Waals surface area (Å²) in [6.07, 6.45) is 3.75. The van der Waals surface area contributed by atoms with Gasteiger partial charge in [-0.05, 0) is 18.6 Å². The maximum absolute atomic E-state index is 10.9. The van der Waals surface area contributed by atoms with E-state index in [2.05, 4.69) is 5.32 Å². The van der Waals surface area contributed by atoms with E-state index in [0.717, 1.165) is 5.56 Å². The fourth-order valence-electron chi connectivity index (χ4n) is 1.35. The van der Waals surface area contributed by atoms with E-state index >= 15 is 0 Å². The van der Waals surface area contributed by atoms with Crippen molar-refractivity contribution in [1.29, 1.82) is 0 Å². The SMILES string of the molecule is C/C=C\c1cccc(C(=O)O)c1NC. The molecule has 0 bridgehead atoms. The molecule has 0 aliphatic heterocycles. The molecule has 0 saturated heterocycles. The average Bonchev–Trinajstić information content (AvgIpc) is 2.18. The Morgan fingerprint density at radius 1 is 1.50 bits per heavy atom. The molecule has 0 amide bonds. The molecular formula is C11H13NO2. The molecule has 0 aliphatic carbocycles. The van der Waals surface area contributed by atoms with E-state index in [4.69, 9.17) is 5.11 Å². The third-order valence-corrected chi connectivity index (χ3v) is 1.92. The van der Waals surface area contributed by atoms with Crippen molar-refractivity contribution in [2.75, 3.05) is 12.4 Å². The van der Waals surface area contributed by atoms with Gasteiger partial charge in [-0.1, -0.05) is 24.3 Å². The predicted octanol–water partition coefficient (Wildman–Crippen LogP) is 2.46. The molecule has 0 aromatic heterocycles. The number of nitrogens with one attached hydrogen (secondary N) is 1. The Kier molecular flexibility index (Phi) is 3.29.